The average Bonchev–Trinajstić information content (AvgIpc) is 3.30. The van der Waals surface area contributed by atoms with E-state index < -0.39 is 0 Å². The normalized spacial score (nSPS) is 18.4. The van der Waals surface area contributed by atoms with E-state index in [0.717, 1.165) is 30.0 Å². The second-order valence-electron chi connectivity index (χ2n) is 5.64. The molecule has 1 heterocycles. The van der Waals surface area contributed by atoms with Crippen LogP contribution in [-0.4, -0.2) is 24.6 Å². The monoisotopic (exact) mass is 260 g/mol. The molecule has 0 saturated heterocycles. The number of hydrogen-bond acceptors (Lipinski definition) is 4. The number of nitrogens with one attached hydrogen (secondary N) is 1. The molecule has 0 unspecified atom stereocenters. The topological polar surface area (TPSA) is 51.2 Å². The Kier molecular flexibility index (Phi) is 3.40. The molecule has 4 heteroatoms. The van der Waals surface area contributed by atoms with Crippen molar-refractivity contribution in [2.75, 3.05) is 19.0 Å². The van der Waals surface area contributed by atoms with Gasteiger partial charge in [-0.1, -0.05) is 0 Å². The van der Waals surface area contributed by atoms with Crippen LogP contribution in [-0.2, 0) is 4.74 Å². The first-order chi connectivity index (χ1) is 9.28. The molecule has 0 amide bonds. The number of carbonyl (C=O) groups excluding carboxylic acids is 1. The molecule has 2 aliphatic rings. The van der Waals surface area contributed by atoms with Crippen molar-refractivity contribution in [1.82, 2.24) is 4.98 Å². The predicted octanol–water partition coefficient (Wildman–Crippen LogP) is 2.72. The van der Waals surface area contributed by atoms with Gasteiger partial charge in [-0.3, -0.25) is 0 Å². The van der Waals surface area contributed by atoms with Gasteiger partial charge < -0.3 is 10.1 Å². The van der Waals surface area contributed by atoms with E-state index in [-0.39, 0.29) is 5.97 Å². The number of pyridine rings is 1. The van der Waals surface area contributed by atoms with Crippen molar-refractivity contribution in [3.63, 3.8) is 0 Å². The number of rotatable bonds is 6. The summed E-state index contributed by atoms with van der Waals surface area (Å²) in [5.74, 6) is 2.29. The van der Waals surface area contributed by atoms with Gasteiger partial charge in [0.05, 0.1) is 7.11 Å². The lowest BCUT2D eigenvalue weighted by Gasteiger charge is -2.17. The van der Waals surface area contributed by atoms with Crippen LogP contribution in [0.4, 0.5) is 5.69 Å². The molecule has 3 rings (SSSR count). The third kappa shape index (κ3) is 3.06. The molecule has 2 fully saturated rings. The quantitative estimate of drug-likeness (QED) is 0.799. The fourth-order valence-electron chi connectivity index (χ4n) is 2.76. The van der Waals surface area contributed by atoms with Gasteiger partial charge in [0.2, 0.25) is 0 Å². The number of anilines is 1. The second-order valence-corrected chi connectivity index (χ2v) is 5.64. The van der Waals surface area contributed by atoms with Crippen LogP contribution in [0.5, 0.6) is 0 Å². The minimum absolute atomic E-state index is 0.363. The van der Waals surface area contributed by atoms with Crippen molar-refractivity contribution >= 4 is 11.7 Å². The Morgan fingerprint density at radius 3 is 2.68 bits per heavy atom. The zero-order valence-corrected chi connectivity index (χ0v) is 11.3. The van der Waals surface area contributed by atoms with Gasteiger partial charge in [0.15, 0.2) is 0 Å². The van der Waals surface area contributed by atoms with Crippen LogP contribution in [0.3, 0.4) is 0 Å². The summed E-state index contributed by atoms with van der Waals surface area (Å²) in [5, 5.41) is 3.46. The highest BCUT2D eigenvalue weighted by Gasteiger charge is 2.40. The van der Waals surface area contributed by atoms with Gasteiger partial charge in [0.1, 0.15) is 5.69 Å². The van der Waals surface area contributed by atoms with E-state index in [1.165, 1.54) is 32.8 Å². The molecule has 0 bridgehead atoms. The van der Waals surface area contributed by atoms with E-state index in [9.17, 15) is 4.79 Å². The largest absolute Gasteiger partial charge is 0.464 e. The van der Waals surface area contributed by atoms with E-state index >= 15 is 0 Å². The van der Waals surface area contributed by atoms with E-state index in [0.29, 0.717) is 5.69 Å². The third-order valence-corrected chi connectivity index (χ3v) is 4.15. The van der Waals surface area contributed by atoms with Crippen molar-refractivity contribution in [2.45, 2.75) is 25.7 Å². The molecule has 1 aromatic rings. The van der Waals surface area contributed by atoms with Crippen LogP contribution in [0.2, 0.25) is 0 Å². The standard InChI is InChI=1S/C15H20N2O2/c1-19-15(18)14-8-12(6-7-16-14)17-9-13(10-2-3-10)11-4-5-11/h6-8,10-11,13H,2-5,9H2,1H3,(H,16,17). The van der Waals surface area contributed by atoms with Crippen molar-refractivity contribution in [3.8, 4) is 0 Å². The van der Waals surface area contributed by atoms with Gasteiger partial charge in [-0.25, -0.2) is 9.78 Å². The van der Waals surface area contributed by atoms with Crippen LogP contribution < -0.4 is 5.32 Å². The molecule has 0 atom stereocenters. The van der Waals surface area contributed by atoms with E-state index in [1.54, 1.807) is 12.3 Å². The van der Waals surface area contributed by atoms with Crippen molar-refractivity contribution in [3.05, 3.63) is 24.0 Å². The number of aromatic nitrogens is 1. The average molecular weight is 260 g/mol. The van der Waals surface area contributed by atoms with Gasteiger partial charge in [0, 0.05) is 18.4 Å². The van der Waals surface area contributed by atoms with E-state index in [4.69, 9.17) is 0 Å². The van der Waals surface area contributed by atoms with Gasteiger partial charge in [0.25, 0.3) is 0 Å². The Morgan fingerprint density at radius 1 is 1.42 bits per heavy atom. The summed E-state index contributed by atoms with van der Waals surface area (Å²) in [6, 6.07) is 3.67. The SMILES string of the molecule is COC(=O)c1cc(NCC(C2CC2)C2CC2)ccn1. The smallest absolute Gasteiger partial charge is 0.356 e. The molecule has 0 aromatic carbocycles. The highest BCUT2D eigenvalue weighted by molar-refractivity contribution is 5.88. The van der Waals surface area contributed by atoms with E-state index in [1.807, 2.05) is 6.07 Å². The number of esters is 1. The Hall–Kier alpha value is -1.58. The first-order valence-electron chi connectivity index (χ1n) is 7.06. The highest BCUT2D eigenvalue weighted by atomic mass is 16.5. The first-order valence-corrected chi connectivity index (χ1v) is 7.06. The molecule has 0 radical (unpaired) electrons. The zero-order chi connectivity index (χ0) is 13.2. The van der Waals surface area contributed by atoms with E-state index in [2.05, 4.69) is 15.0 Å². The molecular formula is C15H20N2O2. The van der Waals surface area contributed by atoms with Crippen LogP contribution in [0, 0.1) is 17.8 Å². The molecule has 4 nitrogen and oxygen atoms in total. The summed E-state index contributed by atoms with van der Waals surface area (Å²) in [6.45, 7) is 1.01. The summed E-state index contributed by atoms with van der Waals surface area (Å²) >= 11 is 0. The van der Waals surface area contributed by atoms with Crippen molar-refractivity contribution in [1.29, 1.82) is 0 Å². The third-order valence-electron chi connectivity index (χ3n) is 4.15. The number of ether oxygens (including phenoxy) is 1. The Bertz CT molecular complexity index is 455. The second kappa shape index (κ2) is 5.19. The molecule has 0 spiro atoms. The maximum Gasteiger partial charge on any atom is 0.356 e. The summed E-state index contributed by atoms with van der Waals surface area (Å²) in [6.07, 6.45) is 7.23. The molecular weight excluding hydrogens is 240 g/mol. The number of carbonyl (C=O) groups is 1. The summed E-state index contributed by atoms with van der Waals surface area (Å²) in [7, 11) is 1.38. The molecule has 0 aliphatic heterocycles. The summed E-state index contributed by atoms with van der Waals surface area (Å²) in [5.41, 5.74) is 1.32. The lowest BCUT2D eigenvalue weighted by molar-refractivity contribution is 0.0594. The molecule has 19 heavy (non-hydrogen) atoms. The maximum absolute atomic E-state index is 11.4. The maximum atomic E-state index is 11.4. The minimum Gasteiger partial charge on any atom is -0.464 e. The molecule has 2 saturated carbocycles. The Morgan fingerprint density at radius 2 is 2.11 bits per heavy atom. The van der Waals surface area contributed by atoms with Crippen molar-refractivity contribution in [2.24, 2.45) is 17.8 Å². The van der Waals surface area contributed by atoms with Crippen LogP contribution in [0.25, 0.3) is 0 Å². The lowest BCUT2D eigenvalue weighted by Crippen LogP contribution is -2.18. The zero-order valence-electron chi connectivity index (χ0n) is 11.3. The first kappa shape index (κ1) is 12.5. The lowest BCUT2D eigenvalue weighted by atomic mass is 9.98. The van der Waals surface area contributed by atoms with Gasteiger partial charge >= 0.3 is 5.97 Å². The van der Waals surface area contributed by atoms with Crippen molar-refractivity contribution < 1.29 is 9.53 Å². The van der Waals surface area contributed by atoms with Crippen LogP contribution in [0.1, 0.15) is 36.2 Å². The Labute approximate surface area is 113 Å². The fraction of sp³-hybridized carbons (Fsp3) is 0.600. The number of hydrogen-bond donors (Lipinski definition) is 1. The van der Waals surface area contributed by atoms with Gasteiger partial charge in [-0.2, -0.15) is 0 Å². The number of nitrogens with zero attached hydrogens (tertiary/aromatic N) is 1. The Balaban J connectivity index is 1.61. The number of methoxy groups -OCH3 is 1. The minimum atomic E-state index is -0.385. The van der Waals surface area contributed by atoms with Gasteiger partial charge in [-0.15, -0.1) is 0 Å². The molecule has 2 aliphatic carbocycles. The van der Waals surface area contributed by atoms with Crippen LogP contribution >= 0.6 is 0 Å². The highest BCUT2D eigenvalue weighted by Crippen LogP contribution is 2.49. The van der Waals surface area contributed by atoms with Crippen LogP contribution in [0.15, 0.2) is 18.3 Å². The predicted molar refractivity (Wildman–Crippen MR) is 73.0 cm³/mol. The molecule has 1 aromatic heterocycles. The molecule has 1 N–H and O–H groups in total. The molecule has 102 valence electrons. The fourth-order valence-corrected chi connectivity index (χ4v) is 2.76. The summed E-state index contributed by atoms with van der Waals surface area (Å²) in [4.78, 5) is 15.4. The van der Waals surface area contributed by atoms with Gasteiger partial charge in [-0.05, 0) is 55.6 Å². The summed E-state index contributed by atoms with van der Waals surface area (Å²) < 4.78 is 4.68.